The number of aromatic nitrogens is 3. The van der Waals surface area contributed by atoms with Gasteiger partial charge in [-0.25, -0.2) is 4.68 Å². The van der Waals surface area contributed by atoms with Gasteiger partial charge in [-0.05, 0) is 54.2 Å². The molecular weight excluding hydrogens is 432 g/mol. The number of nitrogens with one attached hydrogen (secondary N) is 1. The van der Waals surface area contributed by atoms with E-state index in [0.717, 1.165) is 34.3 Å². The number of rotatable bonds is 8. The third kappa shape index (κ3) is 5.04. The van der Waals surface area contributed by atoms with Crippen LogP contribution in [0, 0.1) is 11.8 Å². The lowest BCUT2D eigenvalue weighted by atomic mass is 9.96. The third-order valence-corrected chi connectivity index (χ3v) is 6.57. The first-order valence-electron chi connectivity index (χ1n) is 11.6. The standard InChI is InChI=1S/C25H32N6O3/c1-16(13-26)25(33)31-15-19(10-17-4-7-20(34-3)8-5-17)12-23(31)24(32)27-14-18-6-9-22-21(11-18)28-29-30(22)2/h4-9,11,16,19,23H,10,12-15,26H2,1-3H3,(H,27,32)/t16-,19-,23+/m1/s1. The van der Waals surface area contributed by atoms with Gasteiger partial charge in [-0.1, -0.05) is 30.3 Å². The second-order valence-corrected chi connectivity index (χ2v) is 9.05. The predicted octanol–water partition coefficient (Wildman–Crippen LogP) is 1.65. The molecule has 0 unspecified atom stereocenters. The molecule has 1 aromatic heterocycles. The van der Waals surface area contributed by atoms with Crippen LogP contribution in [-0.2, 0) is 29.6 Å². The average molecular weight is 465 g/mol. The number of carbonyl (C=O) groups excluding carboxylic acids is 2. The molecule has 1 aliphatic rings. The van der Waals surface area contributed by atoms with Crippen LogP contribution in [0.4, 0.5) is 0 Å². The van der Waals surface area contributed by atoms with Gasteiger partial charge in [0.05, 0.1) is 12.6 Å². The fourth-order valence-corrected chi connectivity index (χ4v) is 4.54. The summed E-state index contributed by atoms with van der Waals surface area (Å²) in [5.74, 6) is 0.457. The molecule has 0 aliphatic carbocycles. The summed E-state index contributed by atoms with van der Waals surface area (Å²) in [6, 6.07) is 13.2. The highest BCUT2D eigenvalue weighted by Gasteiger charge is 2.40. The van der Waals surface area contributed by atoms with E-state index in [1.54, 1.807) is 16.7 Å². The second kappa shape index (κ2) is 10.2. The molecule has 3 aromatic rings. The van der Waals surface area contributed by atoms with Gasteiger partial charge in [0, 0.05) is 32.6 Å². The maximum Gasteiger partial charge on any atom is 0.243 e. The Kier molecular flexibility index (Phi) is 7.12. The molecule has 34 heavy (non-hydrogen) atoms. The Morgan fingerprint density at radius 2 is 1.94 bits per heavy atom. The highest BCUT2D eigenvalue weighted by atomic mass is 16.5. The lowest BCUT2D eigenvalue weighted by molar-refractivity contribution is -0.141. The number of aryl methyl sites for hydroxylation is 1. The van der Waals surface area contributed by atoms with Crippen molar-refractivity contribution in [1.29, 1.82) is 0 Å². The Morgan fingerprint density at radius 1 is 1.21 bits per heavy atom. The van der Waals surface area contributed by atoms with E-state index in [9.17, 15) is 9.59 Å². The maximum absolute atomic E-state index is 13.2. The average Bonchev–Trinajstić information content (AvgIpc) is 3.45. The second-order valence-electron chi connectivity index (χ2n) is 9.05. The molecular formula is C25H32N6O3. The van der Waals surface area contributed by atoms with Crippen molar-refractivity contribution >= 4 is 22.8 Å². The number of carbonyl (C=O) groups is 2. The molecule has 2 aromatic carbocycles. The zero-order valence-electron chi connectivity index (χ0n) is 19.9. The molecule has 0 spiro atoms. The number of likely N-dealkylation sites (tertiary alicyclic amines) is 1. The molecule has 180 valence electrons. The van der Waals surface area contributed by atoms with E-state index in [4.69, 9.17) is 10.5 Å². The van der Waals surface area contributed by atoms with Crippen LogP contribution in [0.1, 0.15) is 24.5 Å². The highest BCUT2D eigenvalue weighted by Crippen LogP contribution is 2.29. The van der Waals surface area contributed by atoms with Crippen LogP contribution in [0.15, 0.2) is 42.5 Å². The van der Waals surface area contributed by atoms with Crippen molar-refractivity contribution in [3.05, 3.63) is 53.6 Å². The van der Waals surface area contributed by atoms with Crippen molar-refractivity contribution in [3.8, 4) is 5.75 Å². The highest BCUT2D eigenvalue weighted by molar-refractivity contribution is 5.89. The van der Waals surface area contributed by atoms with E-state index in [1.165, 1.54) is 0 Å². The Hall–Kier alpha value is -3.46. The number of nitrogens with two attached hydrogens (primary N) is 1. The van der Waals surface area contributed by atoms with E-state index >= 15 is 0 Å². The molecule has 0 radical (unpaired) electrons. The minimum atomic E-state index is -0.509. The minimum absolute atomic E-state index is 0.0686. The van der Waals surface area contributed by atoms with Crippen molar-refractivity contribution < 1.29 is 14.3 Å². The summed E-state index contributed by atoms with van der Waals surface area (Å²) in [6.45, 7) is 2.97. The largest absolute Gasteiger partial charge is 0.497 e. The summed E-state index contributed by atoms with van der Waals surface area (Å²) in [4.78, 5) is 28.0. The summed E-state index contributed by atoms with van der Waals surface area (Å²) in [5.41, 5.74) is 9.56. The number of hydrogen-bond donors (Lipinski definition) is 2. The number of amides is 2. The van der Waals surface area contributed by atoms with Crippen LogP contribution in [0.2, 0.25) is 0 Å². The summed E-state index contributed by atoms with van der Waals surface area (Å²) in [5, 5.41) is 11.2. The van der Waals surface area contributed by atoms with Crippen molar-refractivity contribution in [2.75, 3.05) is 20.2 Å². The predicted molar refractivity (Wildman–Crippen MR) is 129 cm³/mol. The van der Waals surface area contributed by atoms with E-state index in [-0.39, 0.29) is 30.2 Å². The minimum Gasteiger partial charge on any atom is -0.497 e. The number of ether oxygens (including phenoxy) is 1. The van der Waals surface area contributed by atoms with Crippen LogP contribution in [-0.4, -0.2) is 57.9 Å². The fraction of sp³-hybridized carbons (Fsp3) is 0.440. The smallest absolute Gasteiger partial charge is 0.243 e. The van der Waals surface area contributed by atoms with Gasteiger partial charge in [0.25, 0.3) is 0 Å². The zero-order chi connectivity index (χ0) is 24.2. The van der Waals surface area contributed by atoms with Crippen LogP contribution < -0.4 is 15.8 Å². The number of benzene rings is 2. The molecule has 2 amide bonds. The van der Waals surface area contributed by atoms with E-state index < -0.39 is 6.04 Å². The van der Waals surface area contributed by atoms with Gasteiger partial charge in [-0.2, -0.15) is 0 Å². The molecule has 4 rings (SSSR count). The molecule has 0 saturated carbocycles. The van der Waals surface area contributed by atoms with Gasteiger partial charge in [0.15, 0.2) is 0 Å². The van der Waals surface area contributed by atoms with Gasteiger partial charge in [0.2, 0.25) is 11.8 Å². The first-order valence-corrected chi connectivity index (χ1v) is 11.6. The number of hydrogen-bond acceptors (Lipinski definition) is 6. The molecule has 0 bridgehead atoms. The topological polar surface area (TPSA) is 115 Å². The van der Waals surface area contributed by atoms with Gasteiger partial charge >= 0.3 is 0 Å². The zero-order valence-corrected chi connectivity index (χ0v) is 19.9. The molecule has 1 aliphatic heterocycles. The number of nitrogens with zero attached hydrogens (tertiary/aromatic N) is 4. The van der Waals surface area contributed by atoms with Crippen LogP contribution in [0.5, 0.6) is 5.75 Å². The molecule has 2 heterocycles. The Balaban J connectivity index is 1.45. The van der Waals surface area contributed by atoms with Crippen molar-refractivity contribution in [2.24, 2.45) is 24.6 Å². The Bertz CT molecular complexity index is 1160. The first-order chi connectivity index (χ1) is 16.4. The lowest BCUT2D eigenvalue weighted by Gasteiger charge is -2.26. The molecule has 1 saturated heterocycles. The molecule has 9 heteroatoms. The maximum atomic E-state index is 13.2. The third-order valence-electron chi connectivity index (χ3n) is 6.57. The summed E-state index contributed by atoms with van der Waals surface area (Å²) in [6.07, 6.45) is 1.40. The van der Waals surface area contributed by atoms with E-state index in [0.29, 0.717) is 19.5 Å². The summed E-state index contributed by atoms with van der Waals surface area (Å²) >= 11 is 0. The number of methoxy groups -OCH3 is 1. The Morgan fingerprint density at radius 3 is 2.65 bits per heavy atom. The van der Waals surface area contributed by atoms with Gasteiger partial charge < -0.3 is 20.7 Å². The lowest BCUT2D eigenvalue weighted by Crippen LogP contribution is -2.48. The van der Waals surface area contributed by atoms with Crippen molar-refractivity contribution in [3.63, 3.8) is 0 Å². The van der Waals surface area contributed by atoms with Gasteiger partial charge in [0.1, 0.15) is 17.3 Å². The van der Waals surface area contributed by atoms with Crippen LogP contribution in [0.25, 0.3) is 11.0 Å². The fourth-order valence-electron chi connectivity index (χ4n) is 4.54. The molecule has 1 fully saturated rings. The number of fused-ring (bicyclic) bond motifs is 1. The Labute approximate surface area is 199 Å². The monoisotopic (exact) mass is 464 g/mol. The van der Waals surface area contributed by atoms with Crippen molar-refractivity contribution in [1.82, 2.24) is 25.2 Å². The summed E-state index contributed by atoms with van der Waals surface area (Å²) < 4.78 is 6.95. The molecule has 9 nitrogen and oxygen atoms in total. The van der Waals surface area contributed by atoms with E-state index in [1.807, 2.05) is 56.4 Å². The van der Waals surface area contributed by atoms with E-state index in [2.05, 4.69) is 15.6 Å². The van der Waals surface area contributed by atoms with Gasteiger partial charge in [-0.15, -0.1) is 5.10 Å². The van der Waals surface area contributed by atoms with Crippen molar-refractivity contribution in [2.45, 2.75) is 32.4 Å². The first kappa shape index (κ1) is 23.7. The molecule has 3 N–H and O–H groups in total. The van der Waals surface area contributed by atoms with Crippen LogP contribution in [0.3, 0.4) is 0 Å². The quantitative estimate of drug-likeness (QED) is 0.524. The summed E-state index contributed by atoms with van der Waals surface area (Å²) in [7, 11) is 3.48. The SMILES string of the molecule is COc1ccc(C[C@@H]2C[C@@H](C(=O)NCc3ccc4c(c3)nnn4C)N(C(=O)[C@H](C)CN)C2)cc1. The van der Waals surface area contributed by atoms with Crippen LogP contribution >= 0.6 is 0 Å². The van der Waals surface area contributed by atoms with Gasteiger partial charge in [-0.3, -0.25) is 9.59 Å². The normalized spacial score (nSPS) is 18.8. The molecule has 3 atom stereocenters.